The molecule has 1 unspecified atom stereocenters. The molecule has 1 amide bonds. The predicted molar refractivity (Wildman–Crippen MR) is 88.3 cm³/mol. The van der Waals surface area contributed by atoms with Crippen LogP contribution in [0.1, 0.15) is 25.3 Å². The van der Waals surface area contributed by atoms with E-state index in [2.05, 4.69) is 26.6 Å². The minimum Gasteiger partial charge on any atom is -0.352 e. The van der Waals surface area contributed by atoms with Crippen molar-refractivity contribution in [3.63, 3.8) is 0 Å². The fourth-order valence-electron chi connectivity index (χ4n) is 2.11. The highest BCUT2D eigenvalue weighted by molar-refractivity contribution is 9.10. The number of nitrogens with one attached hydrogen (secondary N) is 2. The standard InChI is InChI=1S/C15H20BrFN2O.ClH/c1-10(6-12-4-5-14(17)13(16)7-12)19-15(20)9-18-8-11-2-3-11;/h4-5,7,10-11,18H,2-3,6,8-9H2,1H3,(H,19,20);1H. The lowest BCUT2D eigenvalue weighted by Gasteiger charge is -2.14. The van der Waals surface area contributed by atoms with Gasteiger partial charge in [-0.2, -0.15) is 0 Å². The number of benzene rings is 1. The van der Waals surface area contributed by atoms with Crippen molar-refractivity contribution < 1.29 is 9.18 Å². The fourth-order valence-corrected chi connectivity index (χ4v) is 2.54. The van der Waals surface area contributed by atoms with Crippen LogP contribution in [0.15, 0.2) is 22.7 Å². The van der Waals surface area contributed by atoms with E-state index in [1.165, 1.54) is 18.9 Å². The van der Waals surface area contributed by atoms with Gasteiger partial charge in [0.15, 0.2) is 0 Å². The Morgan fingerprint density at radius 3 is 2.81 bits per heavy atom. The van der Waals surface area contributed by atoms with Crippen LogP contribution in [0.4, 0.5) is 4.39 Å². The molecule has 0 aromatic heterocycles. The second-order valence-electron chi connectivity index (χ2n) is 5.50. The molecule has 2 rings (SSSR count). The van der Waals surface area contributed by atoms with Crippen LogP contribution in [0.25, 0.3) is 0 Å². The van der Waals surface area contributed by atoms with Crippen molar-refractivity contribution in [2.24, 2.45) is 5.92 Å². The lowest BCUT2D eigenvalue weighted by Crippen LogP contribution is -2.40. The Morgan fingerprint density at radius 2 is 2.19 bits per heavy atom. The SMILES string of the molecule is CC(Cc1ccc(F)c(Br)c1)NC(=O)CNCC1CC1.Cl. The van der Waals surface area contributed by atoms with Gasteiger partial charge in [-0.05, 0) is 72.3 Å². The van der Waals surface area contributed by atoms with Gasteiger partial charge in [-0.3, -0.25) is 4.79 Å². The molecule has 0 radical (unpaired) electrons. The normalized spacial score (nSPS) is 15.2. The number of hydrogen-bond donors (Lipinski definition) is 2. The molecular weight excluding hydrogens is 359 g/mol. The van der Waals surface area contributed by atoms with Gasteiger partial charge in [-0.1, -0.05) is 6.07 Å². The Morgan fingerprint density at radius 1 is 1.48 bits per heavy atom. The van der Waals surface area contributed by atoms with Crippen LogP contribution in [0.2, 0.25) is 0 Å². The van der Waals surface area contributed by atoms with Gasteiger partial charge in [-0.25, -0.2) is 4.39 Å². The monoisotopic (exact) mass is 378 g/mol. The third-order valence-electron chi connectivity index (χ3n) is 3.35. The molecule has 1 fully saturated rings. The second kappa shape index (κ2) is 8.71. The summed E-state index contributed by atoms with van der Waals surface area (Å²) in [6.45, 7) is 3.26. The molecule has 0 aliphatic heterocycles. The van der Waals surface area contributed by atoms with Crippen LogP contribution in [0, 0.1) is 11.7 Å². The average Bonchev–Trinajstić information content (AvgIpc) is 3.18. The van der Waals surface area contributed by atoms with E-state index >= 15 is 0 Å². The summed E-state index contributed by atoms with van der Waals surface area (Å²) in [6, 6.07) is 4.96. The summed E-state index contributed by atoms with van der Waals surface area (Å²) in [4.78, 5) is 11.7. The summed E-state index contributed by atoms with van der Waals surface area (Å²) >= 11 is 3.17. The first-order valence-corrected chi connectivity index (χ1v) is 7.78. The van der Waals surface area contributed by atoms with Crippen LogP contribution >= 0.6 is 28.3 Å². The van der Waals surface area contributed by atoms with Crippen molar-refractivity contribution in [3.05, 3.63) is 34.1 Å². The van der Waals surface area contributed by atoms with Crippen molar-refractivity contribution in [2.75, 3.05) is 13.1 Å². The first-order chi connectivity index (χ1) is 9.54. The molecule has 0 heterocycles. The van der Waals surface area contributed by atoms with Crippen molar-refractivity contribution >= 4 is 34.2 Å². The van der Waals surface area contributed by atoms with E-state index in [1.54, 1.807) is 12.1 Å². The molecule has 1 aromatic carbocycles. The molecule has 2 N–H and O–H groups in total. The van der Waals surface area contributed by atoms with Crippen molar-refractivity contribution in [3.8, 4) is 0 Å². The third kappa shape index (κ3) is 6.76. The summed E-state index contributed by atoms with van der Waals surface area (Å²) in [6.07, 6.45) is 3.25. The molecule has 1 atom stereocenters. The smallest absolute Gasteiger partial charge is 0.234 e. The number of rotatable bonds is 7. The zero-order chi connectivity index (χ0) is 14.5. The summed E-state index contributed by atoms with van der Waals surface area (Å²) in [5.74, 6) is 0.519. The van der Waals surface area contributed by atoms with Crippen LogP contribution in [-0.4, -0.2) is 25.0 Å². The van der Waals surface area contributed by atoms with Gasteiger partial charge < -0.3 is 10.6 Å². The molecule has 1 aliphatic rings. The Balaban J connectivity index is 0.00000220. The maximum Gasteiger partial charge on any atom is 0.234 e. The molecule has 6 heteroatoms. The van der Waals surface area contributed by atoms with Crippen LogP contribution < -0.4 is 10.6 Å². The maximum absolute atomic E-state index is 13.1. The average molecular weight is 380 g/mol. The summed E-state index contributed by atoms with van der Waals surface area (Å²) < 4.78 is 13.6. The van der Waals surface area contributed by atoms with Crippen LogP contribution in [-0.2, 0) is 11.2 Å². The van der Waals surface area contributed by atoms with Gasteiger partial charge >= 0.3 is 0 Å². The van der Waals surface area contributed by atoms with Gasteiger partial charge in [0, 0.05) is 6.04 Å². The molecule has 1 saturated carbocycles. The molecule has 0 saturated heterocycles. The predicted octanol–water partition coefficient (Wildman–Crippen LogP) is 3.06. The highest BCUT2D eigenvalue weighted by Gasteiger charge is 2.20. The Labute approximate surface area is 139 Å². The minimum atomic E-state index is -0.269. The third-order valence-corrected chi connectivity index (χ3v) is 3.96. The van der Waals surface area contributed by atoms with Gasteiger partial charge in [0.1, 0.15) is 5.82 Å². The molecule has 0 bridgehead atoms. The highest BCUT2D eigenvalue weighted by Crippen LogP contribution is 2.27. The van der Waals surface area contributed by atoms with E-state index in [9.17, 15) is 9.18 Å². The Bertz CT molecular complexity index is 483. The summed E-state index contributed by atoms with van der Waals surface area (Å²) in [5.41, 5.74) is 0.997. The fraction of sp³-hybridized carbons (Fsp3) is 0.533. The second-order valence-corrected chi connectivity index (χ2v) is 6.35. The zero-order valence-corrected chi connectivity index (χ0v) is 14.4. The van der Waals surface area contributed by atoms with Crippen molar-refractivity contribution in [1.29, 1.82) is 0 Å². The van der Waals surface area contributed by atoms with E-state index in [0.29, 0.717) is 17.4 Å². The van der Waals surface area contributed by atoms with Crippen LogP contribution in [0.5, 0.6) is 0 Å². The molecule has 21 heavy (non-hydrogen) atoms. The first kappa shape index (κ1) is 18.4. The van der Waals surface area contributed by atoms with Gasteiger partial charge in [0.25, 0.3) is 0 Å². The molecular formula is C15H21BrClFN2O. The molecule has 0 spiro atoms. The van der Waals surface area contributed by atoms with E-state index in [0.717, 1.165) is 18.0 Å². The topological polar surface area (TPSA) is 41.1 Å². The summed E-state index contributed by atoms with van der Waals surface area (Å²) in [5, 5.41) is 6.11. The van der Waals surface area contributed by atoms with Crippen molar-refractivity contribution in [2.45, 2.75) is 32.2 Å². The van der Waals surface area contributed by atoms with E-state index in [1.807, 2.05) is 6.92 Å². The molecule has 3 nitrogen and oxygen atoms in total. The highest BCUT2D eigenvalue weighted by atomic mass is 79.9. The number of hydrogen-bond acceptors (Lipinski definition) is 2. The molecule has 1 aromatic rings. The maximum atomic E-state index is 13.1. The van der Waals surface area contributed by atoms with Gasteiger partial charge in [-0.15, -0.1) is 12.4 Å². The first-order valence-electron chi connectivity index (χ1n) is 6.98. The number of amides is 1. The number of carbonyl (C=O) groups is 1. The Kier molecular flexibility index (Phi) is 7.63. The lowest BCUT2D eigenvalue weighted by atomic mass is 10.1. The quantitative estimate of drug-likeness (QED) is 0.764. The zero-order valence-electron chi connectivity index (χ0n) is 12.0. The number of carbonyl (C=O) groups excluding carboxylic acids is 1. The van der Waals surface area contributed by atoms with Gasteiger partial charge in [0.05, 0.1) is 11.0 Å². The Hall–Kier alpha value is -0.650. The van der Waals surface area contributed by atoms with Gasteiger partial charge in [0.2, 0.25) is 5.91 Å². The lowest BCUT2D eigenvalue weighted by molar-refractivity contribution is -0.120. The number of halogens is 3. The summed E-state index contributed by atoms with van der Waals surface area (Å²) in [7, 11) is 0. The van der Waals surface area contributed by atoms with Crippen molar-refractivity contribution in [1.82, 2.24) is 10.6 Å². The molecule has 1 aliphatic carbocycles. The van der Waals surface area contributed by atoms with E-state index in [4.69, 9.17) is 0 Å². The van der Waals surface area contributed by atoms with E-state index in [-0.39, 0.29) is 30.2 Å². The largest absolute Gasteiger partial charge is 0.352 e. The molecule has 118 valence electrons. The van der Waals surface area contributed by atoms with Crippen LogP contribution in [0.3, 0.4) is 0 Å². The minimum absolute atomic E-state index is 0. The van der Waals surface area contributed by atoms with E-state index < -0.39 is 0 Å².